The highest BCUT2D eigenvalue weighted by Crippen LogP contribution is 2.15. The first-order chi connectivity index (χ1) is 4.63. The number of aliphatic hydroxyl groups excluding tert-OH is 1. The number of nitrogens with one attached hydrogen (secondary N) is 1. The Labute approximate surface area is 60.1 Å². The Morgan fingerprint density at radius 3 is 2.30 bits per heavy atom. The van der Waals surface area contributed by atoms with Gasteiger partial charge in [0.1, 0.15) is 0 Å². The van der Waals surface area contributed by atoms with Gasteiger partial charge in [-0.1, -0.05) is 0 Å². The van der Waals surface area contributed by atoms with Crippen molar-refractivity contribution < 1.29 is 5.11 Å². The molecular formula is C7H12N2O. The lowest BCUT2D eigenvalue weighted by Gasteiger charge is -1.98. The fraction of sp³-hybridized carbons (Fsp3) is 0.571. The molecule has 0 aliphatic carbocycles. The summed E-state index contributed by atoms with van der Waals surface area (Å²) in [6.45, 7) is 5.59. The summed E-state index contributed by atoms with van der Waals surface area (Å²) in [5.41, 5.74) is 2.82. The van der Waals surface area contributed by atoms with Gasteiger partial charge in [0, 0.05) is 5.69 Å². The molecule has 1 atom stereocenters. The van der Waals surface area contributed by atoms with E-state index in [0.717, 1.165) is 17.0 Å². The van der Waals surface area contributed by atoms with Gasteiger partial charge >= 0.3 is 0 Å². The highest BCUT2D eigenvalue weighted by atomic mass is 16.3. The van der Waals surface area contributed by atoms with Crippen LogP contribution in [0.2, 0.25) is 0 Å². The zero-order valence-electron chi connectivity index (χ0n) is 6.47. The van der Waals surface area contributed by atoms with Crippen molar-refractivity contribution in [3.8, 4) is 0 Å². The predicted octanol–water partition coefficient (Wildman–Crippen LogP) is 1.08. The van der Waals surface area contributed by atoms with Crippen LogP contribution >= 0.6 is 0 Å². The van der Waals surface area contributed by atoms with Crippen LogP contribution in [0, 0.1) is 13.8 Å². The van der Waals surface area contributed by atoms with Crippen molar-refractivity contribution in [1.29, 1.82) is 0 Å². The predicted molar refractivity (Wildman–Crippen MR) is 38.7 cm³/mol. The van der Waals surface area contributed by atoms with Gasteiger partial charge in [0.15, 0.2) is 0 Å². The average Bonchev–Trinajstić information content (AvgIpc) is 2.14. The third kappa shape index (κ3) is 1.04. The Morgan fingerprint density at radius 2 is 2.10 bits per heavy atom. The molecule has 0 saturated heterocycles. The van der Waals surface area contributed by atoms with Gasteiger partial charge in [-0.05, 0) is 26.3 Å². The highest BCUT2D eigenvalue weighted by Gasteiger charge is 2.09. The number of aliphatic hydroxyl groups is 1. The van der Waals surface area contributed by atoms with Crippen molar-refractivity contribution in [2.75, 3.05) is 0 Å². The second kappa shape index (κ2) is 2.42. The topological polar surface area (TPSA) is 48.9 Å². The maximum Gasteiger partial charge on any atom is 0.0953 e. The summed E-state index contributed by atoms with van der Waals surface area (Å²) in [5, 5.41) is 15.9. The van der Waals surface area contributed by atoms with Gasteiger partial charge in [0.25, 0.3) is 0 Å². The molecule has 1 unspecified atom stereocenters. The number of aromatic nitrogens is 2. The molecule has 56 valence electrons. The second-order valence-corrected chi connectivity index (χ2v) is 2.53. The van der Waals surface area contributed by atoms with Crippen LogP contribution in [-0.4, -0.2) is 15.3 Å². The minimum Gasteiger partial charge on any atom is -0.387 e. The molecule has 10 heavy (non-hydrogen) atoms. The summed E-state index contributed by atoms with van der Waals surface area (Å²) < 4.78 is 0. The maximum atomic E-state index is 9.14. The molecule has 1 rings (SSSR count). The first-order valence-corrected chi connectivity index (χ1v) is 3.32. The third-order valence-electron chi connectivity index (χ3n) is 1.69. The summed E-state index contributed by atoms with van der Waals surface area (Å²) in [5.74, 6) is 0. The van der Waals surface area contributed by atoms with E-state index in [0.29, 0.717) is 0 Å². The van der Waals surface area contributed by atoms with Crippen LogP contribution in [0.1, 0.15) is 30.0 Å². The largest absolute Gasteiger partial charge is 0.387 e. The number of rotatable bonds is 1. The molecule has 0 aromatic carbocycles. The van der Waals surface area contributed by atoms with Crippen LogP contribution in [0.5, 0.6) is 0 Å². The van der Waals surface area contributed by atoms with Crippen molar-refractivity contribution in [3.63, 3.8) is 0 Å². The molecule has 0 bridgehead atoms. The van der Waals surface area contributed by atoms with Gasteiger partial charge in [-0.15, -0.1) is 0 Å². The van der Waals surface area contributed by atoms with Crippen LogP contribution < -0.4 is 0 Å². The first-order valence-electron chi connectivity index (χ1n) is 3.32. The van der Waals surface area contributed by atoms with Crippen molar-refractivity contribution in [3.05, 3.63) is 17.0 Å². The van der Waals surface area contributed by atoms with Crippen LogP contribution in [0.15, 0.2) is 0 Å². The van der Waals surface area contributed by atoms with E-state index in [9.17, 15) is 0 Å². The quantitative estimate of drug-likeness (QED) is 0.613. The number of H-pyrrole nitrogens is 1. The summed E-state index contributed by atoms with van der Waals surface area (Å²) in [7, 11) is 0. The fourth-order valence-electron chi connectivity index (χ4n) is 0.911. The summed E-state index contributed by atoms with van der Waals surface area (Å²) in [6, 6.07) is 0. The Bertz CT molecular complexity index is 228. The average molecular weight is 140 g/mol. The Balaban J connectivity index is 3.05. The van der Waals surface area contributed by atoms with E-state index >= 15 is 0 Å². The van der Waals surface area contributed by atoms with Gasteiger partial charge in [0.05, 0.1) is 11.8 Å². The van der Waals surface area contributed by atoms with E-state index in [1.807, 2.05) is 13.8 Å². The SMILES string of the molecule is Cc1[nH]nc(C(C)O)c1C. The van der Waals surface area contributed by atoms with Crippen molar-refractivity contribution in [2.24, 2.45) is 0 Å². The van der Waals surface area contributed by atoms with Crippen LogP contribution in [-0.2, 0) is 0 Å². The molecule has 0 spiro atoms. The smallest absolute Gasteiger partial charge is 0.0953 e. The van der Waals surface area contributed by atoms with E-state index in [1.54, 1.807) is 6.92 Å². The van der Waals surface area contributed by atoms with Gasteiger partial charge < -0.3 is 5.11 Å². The zero-order chi connectivity index (χ0) is 7.72. The van der Waals surface area contributed by atoms with Crippen molar-refractivity contribution in [1.82, 2.24) is 10.2 Å². The molecule has 1 heterocycles. The minimum absolute atomic E-state index is 0.468. The second-order valence-electron chi connectivity index (χ2n) is 2.53. The fourth-order valence-corrected chi connectivity index (χ4v) is 0.911. The van der Waals surface area contributed by atoms with Gasteiger partial charge in [-0.25, -0.2) is 0 Å². The van der Waals surface area contributed by atoms with E-state index in [2.05, 4.69) is 10.2 Å². The molecule has 0 saturated carbocycles. The summed E-state index contributed by atoms with van der Waals surface area (Å²) in [4.78, 5) is 0. The number of nitrogens with zero attached hydrogens (tertiary/aromatic N) is 1. The van der Waals surface area contributed by atoms with E-state index in [1.165, 1.54) is 0 Å². The first kappa shape index (κ1) is 7.28. The van der Waals surface area contributed by atoms with Crippen LogP contribution in [0.25, 0.3) is 0 Å². The monoisotopic (exact) mass is 140 g/mol. The Kier molecular flexibility index (Phi) is 1.76. The molecule has 2 N–H and O–H groups in total. The zero-order valence-corrected chi connectivity index (χ0v) is 6.47. The molecule has 1 aromatic heterocycles. The van der Waals surface area contributed by atoms with E-state index in [4.69, 9.17) is 5.11 Å². The van der Waals surface area contributed by atoms with Crippen molar-refractivity contribution >= 4 is 0 Å². The van der Waals surface area contributed by atoms with E-state index in [-0.39, 0.29) is 0 Å². The molecule has 0 fully saturated rings. The van der Waals surface area contributed by atoms with Gasteiger partial charge in [-0.2, -0.15) is 5.10 Å². The molecule has 0 aliphatic heterocycles. The van der Waals surface area contributed by atoms with Gasteiger partial charge in [-0.3, -0.25) is 5.10 Å². The summed E-state index contributed by atoms with van der Waals surface area (Å²) in [6.07, 6.45) is -0.468. The summed E-state index contributed by atoms with van der Waals surface area (Å²) >= 11 is 0. The van der Waals surface area contributed by atoms with Crippen molar-refractivity contribution in [2.45, 2.75) is 26.9 Å². The molecule has 1 aromatic rings. The Morgan fingerprint density at radius 1 is 1.50 bits per heavy atom. The number of hydrogen-bond donors (Lipinski definition) is 2. The molecule has 0 radical (unpaired) electrons. The van der Waals surface area contributed by atoms with Crippen LogP contribution in [0.4, 0.5) is 0 Å². The van der Waals surface area contributed by atoms with Crippen LogP contribution in [0.3, 0.4) is 0 Å². The standard InChI is InChI=1S/C7H12N2O/c1-4-5(2)8-9-7(4)6(3)10/h6,10H,1-3H3,(H,8,9). The molecular weight excluding hydrogens is 128 g/mol. The number of aryl methyl sites for hydroxylation is 1. The highest BCUT2D eigenvalue weighted by molar-refractivity contribution is 5.23. The lowest BCUT2D eigenvalue weighted by Crippen LogP contribution is -1.93. The van der Waals surface area contributed by atoms with Gasteiger partial charge in [0.2, 0.25) is 0 Å². The lowest BCUT2D eigenvalue weighted by atomic mass is 10.1. The molecule has 0 amide bonds. The molecule has 0 aliphatic rings. The third-order valence-corrected chi connectivity index (χ3v) is 1.69. The lowest BCUT2D eigenvalue weighted by molar-refractivity contribution is 0.193. The normalized spacial score (nSPS) is 13.6. The molecule has 3 nitrogen and oxygen atoms in total. The maximum absolute atomic E-state index is 9.14. The number of hydrogen-bond acceptors (Lipinski definition) is 2. The Hall–Kier alpha value is -0.830. The number of aromatic amines is 1. The van der Waals surface area contributed by atoms with E-state index < -0.39 is 6.10 Å². The minimum atomic E-state index is -0.468. The molecule has 3 heteroatoms.